The van der Waals surface area contributed by atoms with E-state index in [9.17, 15) is 14.3 Å². The van der Waals surface area contributed by atoms with Crippen molar-refractivity contribution >= 4 is 11.7 Å². The zero-order chi connectivity index (χ0) is 16.9. The number of benzene rings is 1. The van der Waals surface area contributed by atoms with Gasteiger partial charge in [0.15, 0.2) is 11.6 Å². The lowest BCUT2D eigenvalue weighted by atomic mass is 9.96. The highest BCUT2D eigenvalue weighted by atomic mass is 19.1. The Morgan fingerprint density at radius 1 is 1.39 bits per heavy atom. The lowest BCUT2D eigenvalue weighted by Gasteiger charge is -2.26. The minimum absolute atomic E-state index is 0.104. The molecular weight excluding hydrogens is 299 g/mol. The van der Waals surface area contributed by atoms with E-state index in [4.69, 9.17) is 4.74 Å². The predicted octanol–water partition coefficient (Wildman–Crippen LogP) is 3.43. The van der Waals surface area contributed by atoms with Crippen molar-refractivity contribution in [3.63, 3.8) is 0 Å². The molecule has 0 heterocycles. The highest BCUT2D eigenvalue weighted by Gasteiger charge is 2.23. The molecule has 0 aliphatic heterocycles. The molecule has 0 spiro atoms. The van der Waals surface area contributed by atoms with Crippen LogP contribution in [-0.4, -0.2) is 29.4 Å². The smallest absolute Gasteiger partial charge is 0.319 e. The van der Waals surface area contributed by atoms with Crippen LogP contribution >= 0.6 is 0 Å². The summed E-state index contributed by atoms with van der Waals surface area (Å²) in [7, 11) is 0. The van der Waals surface area contributed by atoms with Crippen molar-refractivity contribution in [3.8, 4) is 5.75 Å². The van der Waals surface area contributed by atoms with Gasteiger partial charge in [0.1, 0.15) is 0 Å². The first-order valence-corrected chi connectivity index (χ1v) is 8.19. The van der Waals surface area contributed by atoms with Gasteiger partial charge in [-0.05, 0) is 44.2 Å². The molecule has 1 fully saturated rings. The van der Waals surface area contributed by atoms with E-state index in [0.717, 1.165) is 19.3 Å². The molecule has 1 aliphatic rings. The first kappa shape index (κ1) is 17.5. The van der Waals surface area contributed by atoms with Crippen LogP contribution in [0.2, 0.25) is 0 Å². The molecular formula is C17H25FN2O3. The van der Waals surface area contributed by atoms with Crippen molar-refractivity contribution in [1.29, 1.82) is 0 Å². The first-order chi connectivity index (χ1) is 11.0. The monoisotopic (exact) mass is 324 g/mol. The van der Waals surface area contributed by atoms with Gasteiger partial charge in [0.25, 0.3) is 0 Å². The van der Waals surface area contributed by atoms with Crippen molar-refractivity contribution in [3.05, 3.63) is 24.0 Å². The number of halogens is 1. The molecule has 6 heteroatoms. The number of aliphatic hydroxyl groups is 1. The maximum absolute atomic E-state index is 14.0. The molecule has 0 aromatic heterocycles. The fourth-order valence-electron chi connectivity index (χ4n) is 2.26. The van der Waals surface area contributed by atoms with Crippen LogP contribution in [0.25, 0.3) is 0 Å². The lowest BCUT2D eigenvalue weighted by molar-refractivity contribution is 0.0354. The molecule has 2 rings (SSSR count). The topological polar surface area (TPSA) is 70.6 Å². The molecule has 0 atom stereocenters. The number of nitrogens with one attached hydrogen (secondary N) is 2. The van der Waals surface area contributed by atoms with E-state index in [2.05, 4.69) is 10.6 Å². The molecule has 1 aromatic rings. The van der Waals surface area contributed by atoms with Crippen LogP contribution in [0.5, 0.6) is 5.75 Å². The van der Waals surface area contributed by atoms with Gasteiger partial charge >= 0.3 is 6.03 Å². The number of rotatable bonds is 7. The van der Waals surface area contributed by atoms with E-state index < -0.39 is 17.4 Å². The molecule has 1 aromatic carbocycles. The number of hydrogen-bond acceptors (Lipinski definition) is 3. The standard InChI is InChI=1S/C17H25FN2O3/c1-3-17(22,4-2)11-19-16(21)20-12-8-9-15(14(18)10-12)23-13-6-5-7-13/h8-10,13,22H,3-7,11H2,1-2H3,(H2,19,20,21). The van der Waals surface area contributed by atoms with Crippen LogP contribution in [0, 0.1) is 5.82 Å². The van der Waals surface area contributed by atoms with Crippen LogP contribution in [-0.2, 0) is 0 Å². The minimum Gasteiger partial charge on any atom is -0.487 e. The van der Waals surface area contributed by atoms with Crippen molar-refractivity contribution in [1.82, 2.24) is 5.32 Å². The molecule has 0 radical (unpaired) electrons. The molecule has 128 valence electrons. The van der Waals surface area contributed by atoms with Gasteiger partial charge < -0.3 is 20.5 Å². The third-order valence-corrected chi connectivity index (χ3v) is 4.43. The highest BCUT2D eigenvalue weighted by Crippen LogP contribution is 2.28. The third kappa shape index (κ3) is 4.82. The van der Waals surface area contributed by atoms with Gasteiger partial charge in [-0.1, -0.05) is 13.8 Å². The van der Waals surface area contributed by atoms with E-state index in [1.54, 1.807) is 6.07 Å². The molecule has 23 heavy (non-hydrogen) atoms. The van der Waals surface area contributed by atoms with Gasteiger partial charge in [-0.3, -0.25) is 0 Å². The second-order valence-corrected chi connectivity index (χ2v) is 6.06. The Bertz CT molecular complexity index is 543. The summed E-state index contributed by atoms with van der Waals surface area (Å²) >= 11 is 0. The summed E-state index contributed by atoms with van der Waals surface area (Å²) in [5, 5.41) is 15.3. The Morgan fingerprint density at radius 2 is 2.09 bits per heavy atom. The van der Waals surface area contributed by atoms with E-state index in [-0.39, 0.29) is 18.4 Å². The van der Waals surface area contributed by atoms with Gasteiger partial charge in [-0.2, -0.15) is 0 Å². The largest absolute Gasteiger partial charge is 0.487 e. The number of hydrogen-bond donors (Lipinski definition) is 3. The summed E-state index contributed by atoms with van der Waals surface area (Å²) in [5.41, 5.74) is -0.569. The zero-order valence-electron chi connectivity index (χ0n) is 13.7. The summed E-state index contributed by atoms with van der Waals surface area (Å²) < 4.78 is 19.5. The first-order valence-electron chi connectivity index (χ1n) is 8.19. The number of carbonyl (C=O) groups excluding carboxylic acids is 1. The fourth-order valence-corrected chi connectivity index (χ4v) is 2.26. The fraction of sp³-hybridized carbons (Fsp3) is 0.588. The number of carbonyl (C=O) groups is 1. The molecule has 1 saturated carbocycles. The number of ether oxygens (including phenoxy) is 1. The van der Waals surface area contributed by atoms with Crippen LogP contribution in [0.3, 0.4) is 0 Å². The van der Waals surface area contributed by atoms with E-state index >= 15 is 0 Å². The SMILES string of the molecule is CCC(O)(CC)CNC(=O)Nc1ccc(OC2CCC2)c(F)c1. The summed E-state index contributed by atoms with van der Waals surface area (Å²) in [6, 6.07) is 3.89. The number of urea groups is 1. The maximum atomic E-state index is 14.0. The summed E-state index contributed by atoms with van der Waals surface area (Å²) in [6.07, 6.45) is 4.23. The second kappa shape index (κ2) is 7.64. The third-order valence-electron chi connectivity index (χ3n) is 4.43. The maximum Gasteiger partial charge on any atom is 0.319 e. The molecule has 2 amide bonds. The Balaban J connectivity index is 1.87. The molecule has 1 aliphatic carbocycles. The molecule has 0 saturated heterocycles. The van der Waals surface area contributed by atoms with Gasteiger partial charge in [0.2, 0.25) is 0 Å². The van der Waals surface area contributed by atoms with Gasteiger partial charge in [-0.15, -0.1) is 0 Å². The van der Waals surface area contributed by atoms with Crippen LogP contribution in [0.4, 0.5) is 14.9 Å². The van der Waals surface area contributed by atoms with Crippen LogP contribution < -0.4 is 15.4 Å². The Hall–Kier alpha value is -1.82. The normalized spacial score (nSPS) is 15.0. The predicted molar refractivity (Wildman–Crippen MR) is 87.2 cm³/mol. The molecule has 3 N–H and O–H groups in total. The quantitative estimate of drug-likeness (QED) is 0.719. The van der Waals surface area contributed by atoms with Crippen LogP contribution in [0.15, 0.2) is 18.2 Å². The number of amides is 2. The van der Waals surface area contributed by atoms with E-state index in [0.29, 0.717) is 18.5 Å². The molecule has 5 nitrogen and oxygen atoms in total. The average Bonchev–Trinajstić information content (AvgIpc) is 2.50. The van der Waals surface area contributed by atoms with Crippen LogP contribution in [0.1, 0.15) is 46.0 Å². The number of anilines is 1. The summed E-state index contributed by atoms with van der Waals surface area (Å²) in [5.74, 6) is -0.277. The molecule has 0 unspecified atom stereocenters. The van der Waals surface area contributed by atoms with E-state index in [1.807, 2.05) is 13.8 Å². The van der Waals surface area contributed by atoms with Gasteiger partial charge in [-0.25, -0.2) is 9.18 Å². The second-order valence-electron chi connectivity index (χ2n) is 6.06. The Kier molecular flexibility index (Phi) is 5.82. The Morgan fingerprint density at radius 3 is 2.61 bits per heavy atom. The average molecular weight is 324 g/mol. The van der Waals surface area contributed by atoms with Crippen molar-refractivity contribution in [2.24, 2.45) is 0 Å². The Labute approximate surface area is 136 Å². The molecule has 0 bridgehead atoms. The van der Waals surface area contributed by atoms with Crippen molar-refractivity contribution in [2.45, 2.75) is 57.7 Å². The lowest BCUT2D eigenvalue weighted by Crippen LogP contribution is -2.43. The van der Waals surface area contributed by atoms with Gasteiger partial charge in [0, 0.05) is 18.3 Å². The zero-order valence-corrected chi connectivity index (χ0v) is 13.7. The van der Waals surface area contributed by atoms with Gasteiger partial charge in [0.05, 0.1) is 11.7 Å². The summed E-state index contributed by atoms with van der Waals surface area (Å²) in [4.78, 5) is 11.8. The highest BCUT2D eigenvalue weighted by molar-refractivity contribution is 5.89. The van der Waals surface area contributed by atoms with Crippen molar-refractivity contribution in [2.75, 3.05) is 11.9 Å². The van der Waals surface area contributed by atoms with Crippen molar-refractivity contribution < 1.29 is 19.0 Å². The summed E-state index contributed by atoms with van der Waals surface area (Å²) in [6.45, 7) is 3.87. The minimum atomic E-state index is -0.914. The van der Waals surface area contributed by atoms with E-state index in [1.165, 1.54) is 12.1 Å².